The summed E-state index contributed by atoms with van der Waals surface area (Å²) in [6, 6.07) is 13.5. The predicted molar refractivity (Wildman–Crippen MR) is 70.0 cm³/mol. The van der Waals surface area contributed by atoms with Gasteiger partial charge in [0.25, 0.3) is 0 Å². The summed E-state index contributed by atoms with van der Waals surface area (Å²) in [6.07, 6.45) is 0. The van der Waals surface area contributed by atoms with Gasteiger partial charge >= 0.3 is 0 Å². The van der Waals surface area contributed by atoms with Crippen molar-refractivity contribution in [3.8, 4) is 11.1 Å². The summed E-state index contributed by atoms with van der Waals surface area (Å²) in [5.74, 6) is 0. The normalized spacial score (nSPS) is 10.3. The molecule has 2 rings (SSSR count). The van der Waals surface area contributed by atoms with E-state index in [0.717, 1.165) is 26.1 Å². The highest BCUT2D eigenvalue weighted by Crippen LogP contribution is 2.29. The van der Waals surface area contributed by atoms with Gasteiger partial charge in [-0.05, 0) is 23.3 Å². The molecule has 0 aromatic heterocycles. The fourth-order valence-corrected chi connectivity index (χ4v) is 2.34. The van der Waals surface area contributed by atoms with Gasteiger partial charge in [-0.25, -0.2) is 0 Å². The number of halogens is 2. The molecule has 15 heavy (non-hydrogen) atoms. The zero-order valence-corrected chi connectivity index (χ0v) is 10.2. The highest BCUT2D eigenvalue weighted by atomic mass is 79.9. The molecule has 0 nitrogen and oxygen atoms in total. The molecule has 0 amide bonds. The third-order valence-electron chi connectivity index (χ3n) is 2.13. The molecular weight excluding hydrogens is 270 g/mol. The smallest absolute Gasteiger partial charge is 0.0961 e. The van der Waals surface area contributed by atoms with E-state index >= 15 is 0 Å². The van der Waals surface area contributed by atoms with E-state index in [-0.39, 0.29) is 0 Å². The first kappa shape index (κ1) is 10.8. The van der Waals surface area contributed by atoms with Crippen LogP contribution in [0.3, 0.4) is 0 Å². The Morgan fingerprint density at radius 3 is 2.53 bits per heavy atom. The van der Waals surface area contributed by atoms with Crippen LogP contribution in [0.25, 0.3) is 11.1 Å². The molecule has 0 saturated carbocycles. The Kier molecular flexibility index (Phi) is 3.18. The second-order valence-corrected chi connectivity index (χ2v) is 4.54. The van der Waals surface area contributed by atoms with Crippen LogP contribution >= 0.6 is 27.5 Å². The molecule has 0 aliphatic rings. The van der Waals surface area contributed by atoms with Gasteiger partial charge in [0.15, 0.2) is 0 Å². The Morgan fingerprint density at radius 2 is 1.87 bits per heavy atom. The van der Waals surface area contributed by atoms with Crippen LogP contribution < -0.4 is 5.46 Å². The van der Waals surface area contributed by atoms with Crippen molar-refractivity contribution in [2.45, 2.75) is 0 Å². The van der Waals surface area contributed by atoms with Crippen molar-refractivity contribution < 1.29 is 0 Å². The van der Waals surface area contributed by atoms with Crippen molar-refractivity contribution in [1.82, 2.24) is 0 Å². The van der Waals surface area contributed by atoms with Crippen molar-refractivity contribution in [2.24, 2.45) is 0 Å². The SMILES string of the molecule is [B]c1cccc(-c2ccc(Cl)cc2Br)c1. The molecule has 0 saturated heterocycles. The first-order valence-electron chi connectivity index (χ1n) is 4.48. The number of hydrogen-bond donors (Lipinski definition) is 0. The van der Waals surface area contributed by atoms with E-state index in [9.17, 15) is 0 Å². The van der Waals surface area contributed by atoms with E-state index in [0.29, 0.717) is 0 Å². The fraction of sp³-hybridized carbons (Fsp3) is 0. The van der Waals surface area contributed by atoms with Crippen LogP contribution in [0.5, 0.6) is 0 Å². The molecule has 2 aromatic carbocycles. The molecule has 2 aromatic rings. The van der Waals surface area contributed by atoms with E-state index in [1.165, 1.54) is 0 Å². The van der Waals surface area contributed by atoms with Crippen LogP contribution in [0.4, 0.5) is 0 Å². The van der Waals surface area contributed by atoms with Crippen molar-refractivity contribution in [3.05, 3.63) is 52.0 Å². The molecular formula is C12H7BBrCl. The van der Waals surface area contributed by atoms with Crippen LogP contribution in [0, 0.1) is 0 Å². The van der Waals surface area contributed by atoms with Crippen LogP contribution in [-0.2, 0) is 0 Å². The molecule has 0 atom stereocenters. The largest absolute Gasteiger partial charge is 0.113 e. The second-order valence-electron chi connectivity index (χ2n) is 3.25. The molecule has 0 aliphatic carbocycles. The van der Waals surface area contributed by atoms with Gasteiger partial charge in [0.1, 0.15) is 7.85 Å². The minimum absolute atomic E-state index is 0.717. The standard InChI is InChI=1S/C12H7BBrCl/c13-9-3-1-2-8(6-9)11-5-4-10(15)7-12(11)14/h1-7H. The van der Waals surface area contributed by atoms with Crippen molar-refractivity contribution in [3.63, 3.8) is 0 Å². The van der Waals surface area contributed by atoms with E-state index in [4.69, 9.17) is 19.4 Å². The third-order valence-corrected chi connectivity index (χ3v) is 3.02. The highest BCUT2D eigenvalue weighted by molar-refractivity contribution is 9.10. The van der Waals surface area contributed by atoms with Gasteiger partial charge in [0.05, 0.1) is 0 Å². The van der Waals surface area contributed by atoms with Crippen LogP contribution in [0.2, 0.25) is 5.02 Å². The molecule has 0 heterocycles. The monoisotopic (exact) mass is 276 g/mol. The summed E-state index contributed by atoms with van der Waals surface area (Å²) >= 11 is 9.36. The number of benzene rings is 2. The second kappa shape index (κ2) is 4.42. The molecule has 72 valence electrons. The fourth-order valence-electron chi connectivity index (χ4n) is 1.43. The first-order valence-corrected chi connectivity index (χ1v) is 5.65. The third kappa shape index (κ3) is 2.44. The average molecular weight is 277 g/mol. The summed E-state index contributed by atoms with van der Waals surface area (Å²) < 4.78 is 0.973. The first-order chi connectivity index (χ1) is 7.16. The molecule has 2 radical (unpaired) electrons. The van der Waals surface area contributed by atoms with Crippen LogP contribution in [0.1, 0.15) is 0 Å². The topological polar surface area (TPSA) is 0 Å². The minimum Gasteiger partial charge on any atom is -0.0961 e. The van der Waals surface area contributed by atoms with Crippen LogP contribution in [-0.4, -0.2) is 7.85 Å². The summed E-state index contributed by atoms with van der Waals surface area (Å²) in [4.78, 5) is 0. The summed E-state index contributed by atoms with van der Waals surface area (Å²) in [5.41, 5.74) is 2.93. The summed E-state index contributed by atoms with van der Waals surface area (Å²) in [5, 5.41) is 0.717. The van der Waals surface area contributed by atoms with E-state index < -0.39 is 0 Å². The highest BCUT2D eigenvalue weighted by Gasteiger charge is 2.03. The van der Waals surface area contributed by atoms with E-state index in [1.54, 1.807) is 0 Å². The maximum atomic E-state index is 5.88. The predicted octanol–water partition coefficient (Wildman–Crippen LogP) is 3.56. The summed E-state index contributed by atoms with van der Waals surface area (Å²) in [7, 11) is 5.73. The van der Waals surface area contributed by atoms with E-state index in [2.05, 4.69) is 15.9 Å². The lowest BCUT2D eigenvalue weighted by Gasteiger charge is -2.06. The Bertz CT molecular complexity index is 497. The minimum atomic E-state index is 0.717. The quantitative estimate of drug-likeness (QED) is 0.699. The maximum absolute atomic E-state index is 5.88. The van der Waals surface area contributed by atoms with Gasteiger partial charge < -0.3 is 0 Å². The van der Waals surface area contributed by atoms with Crippen molar-refractivity contribution in [1.29, 1.82) is 0 Å². The Labute approximate surface area is 104 Å². The maximum Gasteiger partial charge on any atom is 0.113 e. The van der Waals surface area contributed by atoms with Gasteiger partial charge in [-0.2, -0.15) is 0 Å². The van der Waals surface area contributed by atoms with Gasteiger partial charge in [-0.1, -0.05) is 63.3 Å². The molecule has 0 aliphatic heterocycles. The lowest BCUT2D eigenvalue weighted by Crippen LogP contribution is -2.00. The molecule has 0 unspecified atom stereocenters. The average Bonchev–Trinajstić information content (AvgIpc) is 2.17. The molecule has 0 bridgehead atoms. The van der Waals surface area contributed by atoms with E-state index in [1.807, 2.05) is 42.5 Å². The summed E-state index contributed by atoms with van der Waals surface area (Å²) in [6.45, 7) is 0. The van der Waals surface area contributed by atoms with Crippen molar-refractivity contribution in [2.75, 3.05) is 0 Å². The molecule has 0 fully saturated rings. The zero-order chi connectivity index (χ0) is 10.8. The lowest BCUT2D eigenvalue weighted by atomic mass is 9.92. The molecule has 0 N–H and O–H groups in total. The van der Waals surface area contributed by atoms with Gasteiger partial charge in [-0.3, -0.25) is 0 Å². The van der Waals surface area contributed by atoms with Gasteiger partial charge in [0, 0.05) is 9.50 Å². The molecule has 3 heteroatoms. The molecule has 0 spiro atoms. The Balaban J connectivity index is 2.54. The lowest BCUT2D eigenvalue weighted by molar-refractivity contribution is 1.60. The number of rotatable bonds is 1. The number of hydrogen-bond acceptors (Lipinski definition) is 0. The Morgan fingerprint density at radius 1 is 1.07 bits per heavy atom. The van der Waals surface area contributed by atoms with Gasteiger partial charge in [-0.15, -0.1) is 0 Å². The van der Waals surface area contributed by atoms with Crippen molar-refractivity contribution >= 4 is 40.8 Å². The van der Waals surface area contributed by atoms with Gasteiger partial charge in [0.2, 0.25) is 0 Å². The van der Waals surface area contributed by atoms with Crippen LogP contribution in [0.15, 0.2) is 46.9 Å². The zero-order valence-electron chi connectivity index (χ0n) is 7.87. The Hall–Kier alpha value is -0.725.